The molecule has 8 nitrogen and oxygen atoms in total. The van der Waals surface area contributed by atoms with E-state index in [2.05, 4.69) is 15.4 Å². The summed E-state index contributed by atoms with van der Waals surface area (Å²) in [6.07, 6.45) is 1.70. The van der Waals surface area contributed by atoms with Gasteiger partial charge < -0.3 is 16.3 Å². The summed E-state index contributed by atoms with van der Waals surface area (Å²) < 4.78 is 2.65. The van der Waals surface area contributed by atoms with Gasteiger partial charge in [0.15, 0.2) is 0 Å². The van der Waals surface area contributed by atoms with E-state index in [-0.39, 0.29) is 5.84 Å². The van der Waals surface area contributed by atoms with E-state index in [0.717, 1.165) is 10.4 Å². The molecule has 0 bridgehead atoms. The number of imidazole rings is 1. The van der Waals surface area contributed by atoms with Gasteiger partial charge in [0, 0.05) is 18.8 Å². The van der Waals surface area contributed by atoms with Crippen LogP contribution in [0.1, 0.15) is 11.3 Å². The maximum absolute atomic E-state index is 10.2. The van der Waals surface area contributed by atoms with Crippen molar-refractivity contribution in [3.8, 4) is 0 Å². The standard InChI is InChI=1S/C13H15N7O/c1-19-8(5-6-17-19)7-16-13-18-10-4-2-3-9(12(14)15)11(10)20(13)21/h2-6,21H,7H2,1H3,(H3,14,15)(H,16,18). The molecule has 0 spiro atoms. The van der Waals surface area contributed by atoms with Crippen molar-refractivity contribution in [1.82, 2.24) is 19.5 Å². The third-order valence-electron chi connectivity index (χ3n) is 3.29. The van der Waals surface area contributed by atoms with Crippen molar-refractivity contribution in [2.45, 2.75) is 6.54 Å². The SMILES string of the molecule is Cn1nccc1CNc1nc2cccc(C(=N)N)c2n1O. The van der Waals surface area contributed by atoms with Gasteiger partial charge in [-0.2, -0.15) is 5.10 Å². The normalized spacial score (nSPS) is 10.9. The van der Waals surface area contributed by atoms with Crippen LogP contribution in [0.3, 0.4) is 0 Å². The number of aryl methyl sites for hydroxylation is 1. The molecule has 0 aliphatic rings. The topological polar surface area (TPSA) is 118 Å². The van der Waals surface area contributed by atoms with Gasteiger partial charge in [0.1, 0.15) is 11.4 Å². The lowest BCUT2D eigenvalue weighted by Gasteiger charge is -2.06. The van der Waals surface area contributed by atoms with Gasteiger partial charge in [-0.05, 0) is 18.2 Å². The average molecular weight is 285 g/mol. The molecule has 5 N–H and O–H groups in total. The molecule has 0 saturated heterocycles. The quantitative estimate of drug-likeness (QED) is 0.323. The number of nitrogen functional groups attached to an aromatic ring is 1. The summed E-state index contributed by atoms with van der Waals surface area (Å²) in [4.78, 5) is 4.30. The second kappa shape index (κ2) is 4.82. The summed E-state index contributed by atoms with van der Waals surface area (Å²) in [5, 5.41) is 24.9. The predicted molar refractivity (Wildman–Crippen MR) is 78.5 cm³/mol. The van der Waals surface area contributed by atoms with E-state index < -0.39 is 0 Å². The molecule has 0 amide bonds. The largest absolute Gasteiger partial charge is 0.425 e. The molecule has 108 valence electrons. The Bertz CT molecular complexity index is 817. The number of aromatic nitrogens is 4. The van der Waals surface area contributed by atoms with Gasteiger partial charge in [0.2, 0.25) is 5.95 Å². The molecule has 8 heteroatoms. The molecule has 0 radical (unpaired) electrons. The van der Waals surface area contributed by atoms with Crippen molar-refractivity contribution in [2.75, 3.05) is 5.32 Å². The Morgan fingerprint density at radius 1 is 1.43 bits per heavy atom. The lowest BCUT2D eigenvalue weighted by Crippen LogP contribution is -2.13. The van der Waals surface area contributed by atoms with Gasteiger partial charge in [0.05, 0.1) is 17.8 Å². The summed E-state index contributed by atoms with van der Waals surface area (Å²) in [6.45, 7) is 0.468. The van der Waals surface area contributed by atoms with Crippen LogP contribution < -0.4 is 11.1 Å². The first-order valence-corrected chi connectivity index (χ1v) is 6.34. The van der Waals surface area contributed by atoms with Crippen LogP contribution in [-0.2, 0) is 13.6 Å². The number of nitrogens with two attached hydrogens (primary N) is 1. The van der Waals surface area contributed by atoms with Gasteiger partial charge in [-0.25, -0.2) is 4.98 Å². The van der Waals surface area contributed by atoms with Crippen molar-refractivity contribution < 1.29 is 5.21 Å². The summed E-state index contributed by atoms with van der Waals surface area (Å²) in [5.74, 6) is 0.175. The number of hydrogen-bond acceptors (Lipinski definition) is 5. The summed E-state index contributed by atoms with van der Waals surface area (Å²) in [7, 11) is 1.84. The minimum absolute atomic E-state index is 0.117. The third-order valence-corrected chi connectivity index (χ3v) is 3.29. The van der Waals surface area contributed by atoms with E-state index >= 15 is 0 Å². The Morgan fingerprint density at radius 2 is 2.24 bits per heavy atom. The molecule has 1 aromatic carbocycles. The number of benzene rings is 1. The zero-order valence-electron chi connectivity index (χ0n) is 11.4. The molecule has 3 aromatic rings. The highest BCUT2D eigenvalue weighted by Crippen LogP contribution is 2.21. The molecule has 0 saturated carbocycles. The first-order valence-electron chi connectivity index (χ1n) is 6.34. The highest BCUT2D eigenvalue weighted by molar-refractivity contribution is 6.06. The van der Waals surface area contributed by atoms with E-state index in [1.807, 2.05) is 13.1 Å². The maximum Gasteiger partial charge on any atom is 0.238 e. The molecule has 2 heterocycles. The van der Waals surface area contributed by atoms with Gasteiger partial charge >= 0.3 is 0 Å². The van der Waals surface area contributed by atoms with Crippen LogP contribution in [0.15, 0.2) is 30.5 Å². The molecule has 3 rings (SSSR count). The molecule has 0 aliphatic heterocycles. The predicted octanol–water partition coefficient (Wildman–Crippen LogP) is 0.903. The Morgan fingerprint density at radius 3 is 2.90 bits per heavy atom. The minimum Gasteiger partial charge on any atom is -0.425 e. The van der Waals surface area contributed by atoms with Crippen LogP contribution in [-0.4, -0.2) is 30.5 Å². The Labute approximate surface area is 120 Å². The number of nitrogens with one attached hydrogen (secondary N) is 2. The summed E-state index contributed by atoms with van der Waals surface area (Å²) in [6, 6.07) is 7.04. The fourth-order valence-corrected chi connectivity index (χ4v) is 2.19. The van der Waals surface area contributed by atoms with Gasteiger partial charge in [-0.1, -0.05) is 6.07 Å². The van der Waals surface area contributed by atoms with Crippen molar-refractivity contribution >= 4 is 22.8 Å². The second-order valence-corrected chi connectivity index (χ2v) is 4.63. The Balaban J connectivity index is 1.97. The van der Waals surface area contributed by atoms with Crippen molar-refractivity contribution in [3.05, 3.63) is 41.7 Å². The van der Waals surface area contributed by atoms with Gasteiger partial charge in [0.25, 0.3) is 0 Å². The third kappa shape index (κ3) is 2.16. The van der Waals surface area contributed by atoms with Gasteiger partial charge in [-0.3, -0.25) is 10.1 Å². The fourth-order valence-electron chi connectivity index (χ4n) is 2.19. The number of anilines is 1. The Hall–Kier alpha value is -3.03. The molecular weight excluding hydrogens is 270 g/mol. The highest BCUT2D eigenvalue weighted by atomic mass is 16.5. The Kier molecular flexibility index (Phi) is 2.98. The van der Waals surface area contributed by atoms with Crippen LogP contribution in [0.25, 0.3) is 11.0 Å². The van der Waals surface area contributed by atoms with Gasteiger partial charge in [-0.15, -0.1) is 4.73 Å². The molecule has 0 unspecified atom stereocenters. The number of amidine groups is 1. The zero-order valence-corrected chi connectivity index (χ0v) is 11.4. The number of rotatable bonds is 4. The van der Waals surface area contributed by atoms with Crippen molar-refractivity contribution in [2.24, 2.45) is 12.8 Å². The number of hydrogen-bond donors (Lipinski definition) is 4. The van der Waals surface area contributed by atoms with Crippen LogP contribution in [0.5, 0.6) is 0 Å². The molecule has 0 aliphatic carbocycles. The molecule has 0 atom stereocenters. The summed E-state index contributed by atoms with van der Waals surface area (Å²) in [5.41, 5.74) is 7.90. The number of fused-ring (bicyclic) bond motifs is 1. The van der Waals surface area contributed by atoms with Crippen molar-refractivity contribution in [3.63, 3.8) is 0 Å². The lowest BCUT2D eigenvalue weighted by molar-refractivity contribution is 0.203. The molecule has 0 fully saturated rings. The monoisotopic (exact) mass is 285 g/mol. The first-order chi connectivity index (χ1) is 10.1. The van der Waals surface area contributed by atoms with E-state index in [4.69, 9.17) is 11.1 Å². The first kappa shape index (κ1) is 13.0. The maximum atomic E-state index is 10.2. The summed E-state index contributed by atoms with van der Waals surface area (Å²) >= 11 is 0. The fraction of sp³-hybridized carbons (Fsp3) is 0.154. The average Bonchev–Trinajstić information content (AvgIpc) is 3.00. The van der Waals surface area contributed by atoms with E-state index in [1.54, 1.807) is 29.1 Å². The lowest BCUT2D eigenvalue weighted by atomic mass is 10.2. The van der Waals surface area contributed by atoms with Crippen LogP contribution in [0.4, 0.5) is 5.95 Å². The highest BCUT2D eigenvalue weighted by Gasteiger charge is 2.15. The minimum atomic E-state index is -0.117. The second-order valence-electron chi connectivity index (χ2n) is 4.63. The number of nitrogens with zero attached hydrogens (tertiary/aromatic N) is 4. The molecule has 21 heavy (non-hydrogen) atoms. The van der Waals surface area contributed by atoms with Crippen LogP contribution >= 0.6 is 0 Å². The van der Waals surface area contributed by atoms with Crippen LogP contribution in [0, 0.1) is 5.41 Å². The number of para-hydroxylation sites is 1. The van der Waals surface area contributed by atoms with Crippen LogP contribution in [0.2, 0.25) is 0 Å². The van der Waals surface area contributed by atoms with E-state index in [9.17, 15) is 5.21 Å². The zero-order chi connectivity index (χ0) is 15.0. The molecule has 2 aromatic heterocycles. The molecular formula is C13H15N7O. The van der Waals surface area contributed by atoms with E-state index in [0.29, 0.717) is 29.1 Å². The smallest absolute Gasteiger partial charge is 0.238 e. The van der Waals surface area contributed by atoms with Crippen molar-refractivity contribution in [1.29, 1.82) is 5.41 Å². The van der Waals surface area contributed by atoms with E-state index in [1.165, 1.54) is 0 Å².